The van der Waals surface area contributed by atoms with Crippen LogP contribution in [0.15, 0.2) is 47.6 Å². The van der Waals surface area contributed by atoms with Gasteiger partial charge in [-0.05, 0) is 55.3 Å². The molecule has 0 saturated heterocycles. The highest BCUT2D eigenvalue weighted by molar-refractivity contribution is 7.99. The maximum atomic E-state index is 12.4. The van der Waals surface area contributed by atoms with Gasteiger partial charge in [0.2, 0.25) is 11.8 Å². The Labute approximate surface area is 202 Å². The second-order valence-electron chi connectivity index (χ2n) is 7.51. The molecule has 174 valence electrons. The second kappa shape index (κ2) is 11.2. The fourth-order valence-corrected chi connectivity index (χ4v) is 4.14. The number of amides is 2. The topological polar surface area (TPSA) is 98.1 Å². The number of benzene rings is 2. The zero-order valence-corrected chi connectivity index (χ0v) is 20.5. The zero-order chi connectivity index (χ0) is 24.0. The van der Waals surface area contributed by atoms with E-state index >= 15 is 0 Å². The first-order valence-electron chi connectivity index (χ1n) is 10.3. The molecule has 0 radical (unpaired) electrons. The average molecular weight is 488 g/mol. The zero-order valence-electron chi connectivity index (χ0n) is 18.9. The lowest BCUT2D eigenvalue weighted by Gasteiger charge is -2.14. The fraction of sp³-hybridized carbons (Fsp3) is 0.304. The molecule has 33 heavy (non-hydrogen) atoms. The van der Waals surface area contributed by atoms with Crippen LogP contribution in [0.5, 0.6) is 5.75 Å². The van der Waals surface area contributed by atoms with E-state index in [1.165, 1.54) is 11.8 Å². The van der Waals surface area contributed by atoms with Crippen LogP contribution < -0.4 is 15.4 Å². The molecule has 8 nitrogen and oxygen atoms in total. The molecule has 3 rings (SSSR count). The molecule has 2 N–H and O–H groups in total. The number of nitrogens with one attached hydrogen (secondary N) is 2. The van der Waals surface area contributed by atoms with Gasteiger partial charge in [-0.3, -0.25) is 9.59 Å². The standard InChI is InChI=1S/C23H26ClN5O3S/c1-14-11-17(24)7-10-19(14)26-21(31)13-33-23-28-27-22(29(23)3)15(2)25-20(30)12-16-5-8-18(32-4)9-6-16/h5-11,15H,12-13H2,1-4H3,(H,25,30)(H,26,31)/t15-/m0/s1. The summed E-state index contributed by atoms with van der Waals surface area (Å²) in [7, 11) is 3.41. The van der Waals surface area contributed by atoms with E-state index in [0.717, 1.165) is 22.6 Å². The monoisotopic (exact) mass is 487 g/mol. The SMILES string of the molecule is COc1ccc(CC(=O)N[C@@H](C)c2nnc(SCC(=O)Nc3ccc(Cl)cc3C)n2C)cc1. The molecule has 1 aromatic heterocycles. The van der Waals surface area contributed by atoms with Gasteiger partial charge in [-0.15, -0.1) is 10.2 Å². The Balaban J connectivity index is 1.53. The third kappa shape index (κ3) is 6.72. The largest absolute Gasteiger partial charge is 0.497 e. The molecule has 2 amide bonds. The summed E-state index contributed by atoms with van der Waals surface area (Å²) < 4.78 is 6.92. The highest BCUT2D eigenvalue weighted by Crippen LogP contribution is 2.22. The number of rotatable bonds is 9. The highest BCUT2D eigenvalue weighted by atomic mass is 35.5. The van der Waals surface area contributed by atoms with Crippen LogP contribution in [0.2, 0.25) is 5.02 Å². The molecule has 1 atom stereocenters. The Morgan fingerprint density at radius 1 is 1.15 bits per heavy atom. The first-order valence-corrected chi connectivity index (χ1v) is 11.6. The number of thioether (sulfide) groups is 1. The number of halogens is 1. The molecule has 0 saturated carbocycles. The van der Waals surface area contributed by atoms with Crippen LogP contribution in [-0.2, 0) is 23.1 Å². The Morgan fingerprint density at radius 2 is 1.88 bits per heavy atom. The van der Waals surface area contributed by atoms with E-state index < -0.39 is 0 Å². The van der Waals surface area contributed by atoms with Crippen molar-refractivity contribution in [1.29, 1.82) is 0 Å². The van der Waals surface area contributed by atoms with Gasteiger partial charge >= 0.3 is 0 Å². The Kier molecular flexibility index (Phi) is 8.35. The van der Waals surface area contributed by atoms with E-state index in [2.05, 4.69) is 20.8 Å². The van der Waals surface area contributed by atoms with Crippen molar-refractivity contribution >= 4 is 40.9 Å². The van der Waals surface area contributed by atoms with Crippen molar-refractivity contribution in [2.75, 3.05) is 18.2 Å². The van der Waals surface area contributed by atoms with Crippen LogP contribution in [0.1, 0.15) is 29.9 Å². The Morgan fingerprint density at radius 3 is 2.55 bits per heavy atom. The molecular weight excluding hydrogens is 462 g/mol. The molecule has 0 unspecified atom stereocenters. The van der Waals surface area contributed by atoms with Crippen molar-refractivity contribution in [2.45, 2.75) is 31.5 Å². The second-order valence-corrected chi connectivity index (χ2v) is 8.89. The van der Waals surface area contributed by atoms with Crippen LogP contribution in [0.25, 0.3) is 0 Å². The number of ether oxygens (including phenoxy) is 1. The molecule has 10 heteroatoms. The van der Waals surface area contributed by atoms with Crippen LogP contribution in [0, 0.1) is 6.92 Å². The molecule has 0 aliphatic heterocycles. The number of methoxy groups -OCH3 is 1. The number of hydrogen-bond acceptors (Lipinski definition) is 6. The number of carbonyl (C=O) groups excluding carboxylic acids is 2. The molecule has 3 aromatic rings. The Hall–Kier alpha value is -3.04. The maximum absolute atomic E-state index is 12.4. The Bertz CT molecular complexity index is 1130. The molecule has 0 aliphatic rings. The summed E-state index contributed by atoms with van der Waals surface area (Å²) >= 11 is 7.23. The molecule has 0 fully saturated rings. The first-order chi connectivity index (χ1) is 15.8. The minimum atomic E-state index is -0.340. The normalized spacial score (nSPS) is 11.7. The molecule has 2 aromatic carbocycles. The highest BCUT2D eigenvalue weighted by Gasteiger charge is 2.18. The number of nitrogens with zero attached hydrogens (tertiary/aromatic N) is 3. The minimum absolute atomic E-state index is 0.123. The lowest BCUT2D eigenvalue weighted by Crippen LogP contribution is -2.29. The van der Waals surface area contributed by atoms with Crippen molar-refractivity contribution in [2.24, 2.45) is 7.05 Å². The van der Waals surface area contributed by atoms with Crippen LogP contribution in [-0.4, -0.2) is 39.4 Å². The summed E-state index contributed by atoms with van der Waals surface area (Å²) in [6.07, 6.45) is 0.248. The van der Waals surface area contributed by atoms with Crippen molar-refractivity contribution in [3.05, 3.63) is 64.4 Å². The van der Waals surface area contributed by atoms with E-state index in [1.807, 2.05) is 45.2 Å². The molecular formula is C23H26ClN5O3S. The minimum Gasteiger partial charge on any atom is -0.497 e. The van der Waals surface area contributed by atoms with Gasteiger partial charge in [0, 0.05) is 17.8 Å². The summed E-state index contributed by atoms with van der Waals surface area (Å²) in [5.74, 6) is 1.24. The summed E-state index contributed by atoms with van der Waals surface area (Å²) in [5.41, 5.74) is 2.49. The summed E-state index contributed by atoms with van der Waals surface area (Å²) in [6.45, 7) is 3.73. The lowest BCUT2D eigenvalue weighted by atomic mass is 10.1. The molecule has 0 bridgehead atoms. The number of carbonyl (C=O) groups is 2. The van der Waals surface area contributed by atoms with Crippen molar-refractivity contribution in [3.63, 3.8) is 0 Å². The number of aromatic nitrogens is 3. The fourth-order valence-electron chi connectivity index (χ4n) is 3.20. The summed E-state index contributed by atoms with van der Waals surface area (Å²) in [6, 6.07) is 12.3. The van der Waals surface area contributed by atoms with Crippen LogP contribution >= 0.6 is 23.4 Å². The van der Waals surface area contributed by atoms with E-state index in [-0.39, 0.29) is 30.0 Å². The average Bonchev–Trinajstić information content (AvgIpc) is 3.15. The van der Waals surface area contributed by atoms with E-state index in [4.69, 9.17) is 16.3 Å². The molecule has 0 spiro atoms. The lowest BCUT2D eigenvalue weighted by molar-refractivity contribution is -0.121. The van der Waals surface area contributed by atoms with Gasteiger partial charge in [-0.25, -0.2) is 0 Å². The number of aryl methyl sites for hydroxylation is 1. The smallest absolute Gasteiger partial charge is 0.234 e. The summed E-state index contributed by atoms with van der Waals surface area (Å²) in [4.78, 5) is 24.8. The van der Waals surface area contributed by atoms with Gasteiger partial charge < -0.3 is 19.9 Å². The first kappa shape index (κ1) is 24.6. The third-order valence-electron chi connectivity index (χ3n) is 4.95. The van der Waals surface area contributed by atoms with Gasteiger partial charge in [0.25, 0.3) is 0 Å². The van der Waals surface area contributed by atoms with Crippen molar-refractivity contribution in [1.82, 2.24) is 20.1 Å². The number of anilines is 1. The van der Waals surface area contributed by atoms with E-state index in [1.54, 1.807) is 29.9 Å². The van der Waals surface area contributed by atoms with Gasteiger partial charge in [0.05, 0.1) is 25.3 Å². The molecule has 1 heterocycles. The summed E-state index contributed by atoms with van der Waals surface area (Å²) in [5, 5.41) is 15.4. The van der Waals surface area contributed by atoms with Gasteiger partial charge in [0.15, 0.2) is 11.0 Å². The van der Waals surface area contributed by atoms with E-state index in [9.17, 15) is 9.59 Å². The van der Waals surface area contributed by atoms with Crippen LogP contribution in [0.4, 0.5) is 5.69 Å². The third-order valence-corrected chi connectivity index (χ3v) is 6.21. The van der Waals surface area contributed by atoms with Crippen LogP contribution in [0.3, 0.4) is 0 Å². The molecule has 0 aliphatic carbocycles. The quantitative estimate of drug-likeness (QED) is 0.444. The van der Waals surface area contributed by atoms with Crippen molar-refractivity contribution in [3.8, 4) is 5.75 Å². The van der Waals surface area contributed by atoms with E-state index in [0.29, 0.717) is 16.0 Å². The number of hydrogen-bond donors (Lipinski definition) is 2. The maximum Gasteiger partial charge on any atom is 0.234 e. The van der Waals surface area contributed by atoms with Gasteiger partial charge in [0.1, 0.15) is 5.75 Å². The predicted molar refractivity (Wildman–Crippen MR) is 130 cm³/mol. The van der Waals surface area contributed by atoms with Gasteiger partial charge in [-0.1, -0.05) is 35.5 Å². The van der Waals surface area contributed by atoms with Crippen molar-refractivity contribution < 1.29 is 14.3 Å². The van der Waals surface area contributed by atoms with Gasteiger partial charge in [-0.2, -0.15) is 0 Å². The predicted octanol–water partition coefficient (Wildman–Crippen LogP) is 3.94.